The molecule has 0 aromatic heterocycles. The Kier molecular flexibility index (Phi) is 4.16. The minimum absolute atomic E-state index is 0.132. The summed E-state index contributed by atoms with van der Waals surface area (Å²) >= 11 is 6.22. The Balaban J connectivity index is 2.20. The number of benzene rings is 1. The highest BCUT2D eigenvalue weighted by molar-refractivity contribution is 6.31. The number of rotatable bonds is 2. The molecule has 0 spiro atoms. The van der Waals surface area contributed by atoms with Gasteiger partial charge < -0.3 is 10.6 Å². The van der Waals surface area contributed by atoms with E-state index in [1.807, 2.05) is 43.0 Å². The summed E-state index contributed by atoms with van der Waals surface area (Å²) in [4.78, 5) is 14.6. The number of likely N-dealkylation sites (tertiary alicyclic amines) is 1. The molecule has 1 fully saturated rings. The second-order valence-corrected chi connectivity index (χ2v) is 6.14. The lowest BCUT2D eigenvalue weighted by molar-refractivity contribution is -0.137. The van der Waals surface area contributed by atoms with Gasteiger partial charge in [0.05, 0.1) is 5.41 Å². The van der Waals surface area contributed by atoms with Crippen molar-refractivity contribution in [2.75, 3.05) is 13.1 Å². The Morgan fingerprint density at radius 3 is 2.47 bits per heavy atom. The second kappa shape index (κ2) is 5.51. The summed E-state index contributed by atoms with van der Waals surface area (Å²) in [7, 11) is 0. The van der Waals surface area contributed by atoms with Crippen LogP contribution in [0.15, 0.2) is 24.3 Å². The molecule has 1 aliphatic heterocycles. The van der Waals surface area contributed by atoms with E-state index in [9.17, 15) is 4.79 Å². The number of hydrogen-bond donors (Lipinski definition) is 1. The lowest BCUT2D eigenvalue weighted by Gasteiger charge is -2.36. The highest BCUT2D eigenvalue weighted by Gasteiger charge is 2.36. The van der Waals surface area contributed by atoms with Crippen molar-refractivity contribution in [3.8, 4) is 0 Å². The first-order chi connectivity index (χ1) is 8.93. The van der Waals surface area contributed by atoms with Crippen molar-refractivity contribution in [3.05, 3.63) is 34.9 Å². The van der Waals surface area contributed by atoms with Gasteiger partial charge in [-0.3, -0.25) is 4.79 Å². The van der Waals surface area contributed by atoms with Crippen LogP contribution < -0.4 is 5.73 Å². The highest BCUT2D eigenvalue weighted by atomic mass is 35.5. The van der Waals surface area contributed by atoms with Gasteiger partial charge in [-0.2, -0.15) is 0 Å². The number of amides is 1. The highest BCUT2D eigenvalue weighted by Crippen LogP contribution is 2.32. The van der Waals surface area contributed by atoms with Crippen molar-refractivity contribution in [1.82, 2.24) is 4.90 Å². The summed E-state index contributed by atoms with van der Waals surface area (Å²) in [6.45, 7) is 5.36. The van der Waals surface area contributed by atoms with Crippen molar-refractivity contribution in [1.29, 1.82) is 0 Å². The van der Waals surface area contributed by atoms with Gasteiger partial charge in [0.15, 0.2) is 0 Å². The molecule has 1 saturated heterocycles. The van der Waals surface area contributed by atoms with Crippen LogP contribution in [0.3, 0.4) is 0 Å². The Hall–Kier alpha value is -1.06. The van der Waals surface area contributed by atoms with E-state index in [1.54, 1.807) is 0 Å². The molecule has 1 aromatic rings. The van der Waals surface area contributed by atoms with Crippen LogP contribution in [0.5, 0.6) is 0 Å². The first-order valence-electron chi connectivity index (χ1n) is 6.73. The van der Waals surface area contributed by atoms with Gasteiger partial charge in [0.25, 0.3) is 0 Å². The first kappa shape index (κ1) is 14.4. The number of carbonyl (C=O) groups is 1. The van der Waals surface area contributed by atoms with Gasteiger partial charge in [0.2, 0.25) is 5.91 Å². The number of piperidine rings is 1. The van der Waals surface area contributed by atoms with E-state index in [0.717, 1.165) is 31.5 Å². The van der Waals surface area contributed by atoms with Gasteiger partial charge in [-0.1, -0.05) is 29.8 Å². The van der Waals surface area contributed by atoms with Crippen molar-refractivity contribution in [3.63, 3.8) is 0 Å². The summed E-state index contributed by atoms with van der Waals surface area (Å²) in [5.41, 5.74) is 6.17. The van der Waals surface area contributed by atoms with Crippen LogP contribution in [0.1, 0.15) is 32.3 Å². The summed E-state index contributed by atoms with van der Waals surface area (Å²) in [6, 6.07) is 7.79. The van der Waals surface area contributed by atoms with E-state index >= 15 is 0 Å². The van der Waals surface area contributed by atoms with Crippen molar-refractivity contribution in [2.24, 2.45) is 5.73 Å². The smallest absolute Gasteiger partial charge is 0.232 e. The summed E-state index contributed by atoms with van der Waals surface area (Å²) < 4.78 is 0. The standard InChI is InChI=1S/C15H21ClN2O/c1-15(2,12-5-3-4-6-13(12)16)14(19)18-9-7-11(17)8-10-18/h3-6,11H,7-10,17H2,1-2H3. The number of nitrogens with two attached hydrogens (primary N) is 1. The van der Waals surface area contributed by atoms with Gasteiger partial charge in [-0.05, 0) is 38.3 Å². The van der Waals surface area contributed by atoms with Crippen LogP contribution in [-0.4, -0.2) is 29.9 Å². The van der Waals surface area contributed by atoms with Crippen LogP contribution in [0, 0.1) is 0 Å². The quantitative estimate of drug-likeness (QED) is 0.905. The molecule has 0 aliphatic carbocycles. The minimum Gasteiger partial charge on any atom is -0.342 e. The van der Waals surface area contributed by atoms with Gasteiger partial charge >= 0.3 is 0 Å². The molecule has 1 amide bonds. The van der Waals surface area contributed by atoms with E-state index in [1.165, 1.54) is 0 Å². The third kappa shape index (κ3) is 2.93. The molecule has 0 atom stereocenters. The molecule has 0 radical (unpaired) electrons. The van der Waals surface area contributed by atoms with Gasteiger partial charge in [0.1, 0.15) is 0 Å². The van der Waals surface area contributed by atoms with E-state index in [4.69, 9.17) is 17.3 Å². The Bertz CT molecular complexity index is 465. The van der Waals surface area contributed by atoms with Crippen molar-refractivity contribution < 1.29 is 4.79 Å². The molecule has 4 heteroatoms. The molecule has 19 heavy (non-hydrogen) atoms. The Morgan fingerprint density at radius 1 is 1.32 bits per heavy atom. The molecule has 3 nitrogen and oxygen atoms in total. The summed E-state index contributed by atoms with van der Waals surface area (Å²) in [5, 5.41) is 0.648. The Morgan fingerprint density at radius 2 is 1.89 bits per heavy atom. The van der Waals surface area contributed by atoms with Crippen LogP contribution in [0.25, 0.3) is 0 Å². The number of carbonyl (C=O) groups excluding carboxylic acids is 1. The maximum Gasteiger partial charge on any atom is 0.232 e. The zero-order valence-corrected chi connectivity index (χ0v) is 12.3. The zero-order chi connectivity index (χ0) is 14.0. The molecule has 0 saturated carbocycles. The molecule has 0 bridgehead atoms. The topological polar surface area (TPSA) is 46.3 Å². The maximum atomic E-state index is 12.7. The molecule has 0 unspecified atom stereocenters. The number of hydrogen-bond acceptors (Lipinski definition) is 2. The molecular formula is C15H21ClN2O. The Labute approximate surface area is 119 Å². The summed E-state index contributed by atoms with van der Waals surface area (Å²) in [6.07, 6.45) is 1.76. The van der Waals surface area contributed by atoms with E-state index in [0.29, 0.717) is 5.02 Å². The third-order valence-corrected chi connectivity index (χ3v) is 4.24. The predicted molar refractivity (Wildman–Crippen MR) is 78.3 cm³/mol. The fourth-order valence-corrected chi connectivity index (χ4v) is 2.95. The largest absolute Gasteiger partial charge is 0.342 e. The van der Waals surface area contributed by atoms with Gasteiger partial charge in [-0.25, -0.2) is 0 Å². The molecular weight excluding hydrogens is 260 g/mol. The maximum absolute atomic E-state index is 12.7. The van der Waals surface area contributed by atoms with Crippen LogP contribution in [0.2, 0.25) is 5.02 Å². The van der Waals surface area contributed by atoms with E-state index in [-0.39, 0.29) is 11.9 Å². The average molecular weight is 281 g/mol. The van der Waals surface area contributed by atoms with Crippen molar-refractivity contribution in [2.45, 2.75) is 38.1 Å². The molecule has 1 heterocycles. The predicted octanol–water partition coefficient (Wildman–Crippen LogP) is 2.57. The molecule has 2 rings (SSSR count). The average Bonchev–Trinajstić information content (AvgIpc) is 2.39. The van der Waals surface area contributed by atoms with Crippen LogP contribution >= 0.6 is 11.6 Å². The molecule has 1 aliphatic rings. The SMILES string of the molecule is CC(C)(C(=O)N1CCC(N)CC1)c1ccccc1Cl. The number of halogens is 1. The zero-order valence-electron chi connectivity index (χ0n) is 11.5. The first-order valence-corrected chi connectivity index (χ1v) is 7.10. The molecule has 1 aromatic carbocycles. The van der Waals surface area contributed by atoms with E-state index in [2.05, 4.69) is 0 Å². The molecule has 2 N–H and O–H groups in total. The van der Waals surface area contributed by atoms with Gasteiger partial charge in [-0.15, -0.1) is 0 Å². The van der Waals surface area contributed by atoms with Crippen LogP contribution in [-0.2, 0) is 10.2 Å². The summed E-state index contributed by atoms with van der Waals surface area (Å²) in [5.74, 6) is 0.132. The minimum atomic E-state index is -0.597. The second-order valence-electron chi connectivity index (χ2n) is 5.73. The fourth-order valence-electron chi connectivity index (χ4n) is 2.58. The normalized spacial score (nSPS) is 17.6. The fraction of sp³-hybridized carbons (Fsp3) is 0.533. The van der Waals surface area contributed by atoms with Crippen LogP contribution in [0.4, 0.5) is 0 Å². The lowest BCUT2D eigenvalue weighted by atomic mass is 9.82. The third-order valence-electron chi connectivity index (χ3n) is 3.91. The number of nitrogens with zero attached hydrogens (tertiary/aromatic N) is 1. The van der Waals surface area contributed by atoms with E-state index < -0.39 is 5.41 Å². The van der Waals surface area contributed by atoms with Gasteiger partial charge in [0, 0.05) is 24.2 Å². The lowest BCUT2D eigenvalue weighted by Crippen LogP contribution is -2.49. The van der Waals surface area contributed by atoms with Crippen molar-refractivity contribution >= 4 is 17.5 Å². The monoisotopic (exact) mass is 280 g/mol. The molecule has 104 valence electrons.